The lowest BCUT2D eigenvalue weighted by Gasteiger charge is -2.21. The smallest absolute Gasteiger partial charge is 0.120 e. The van der Waals surface area contributed by atoms with E-state index < -0.39 is 0 Å². The van der Waals surface area contributed by atoms with Gasteiger partial charge in [0.05, 0.1) is 18.8 Å². The second kappa shape index (κ2) is 6.99. The molecule has 132 valence electrons. The van der Waals surface area contributed by atoms with E-state index in [-0.39, 0.29) is 6.10 Å². The van der Waals surface area contributed by atoms with Crippen LogP contribution in [-0.4, -0.2) is 31.5 Å². The maximum absolute atomic E-state index is 6.01. The summed E-state index contributed by atoms with van der Waals surface area (Å²) in [6, 6.07) is 12.6. The largest absolute Gasteiger partial charge is 0.491 e. The van der Waals surface area contributed by atoms with Gasteiger partial charge in [-0.15, -0.1) is 11.6 Å². The molecule has 3 nitrogen and oxygen atoms in total. The van der Waals surface area contributed by atoms with Crippen LogP contribution in [0.3, 0.4) is 0 Å². The van der Waals surface area contributed by atoms with Gasteiger partial charge in [-0.2, -0.15) is 0 Å². The predicted molar refractivity (Wildman–Crippen MR) is 99.4 cm³/mol. The van der Waals surface area contributed by atoms with Crippen molar-refractivity contribution in [2.45, 2.75) is 44.5 Å². The second-order valence-electron chi connectivity index (χ2n) is 6.98. The fourth-order valence-corrected chi connectivity index (χ4v) is 3.84. The Hall–Kier alpha value is -1.55. The van der Waals surface area contributed by atoms with Crippen LogP contribution in [-0.2, 0) is 15.4 Å². The number of rotatable bonds is 5. The number of fused-ring (bicyclic) bond motifs is 1. The van der Waals surface area contributed by atoms with Gasteiger partial charge in [0, 0.05) is 12.3 Å². The summed E-state index contributed by atoms with van der Waals surface area (Å²) in [5.41, 5.74) is 6.00. The lowest BCUT2D eigenvalue weighted by Crippen LogP contribution is -2.30. The second-order valence-corrected chi connectivity index (χ2v) is 7.25. The van der Waals surface area contributed by atoms with E-state index in [9.17, 15) is 0 Å². The highest BCUT2D eigenvalue weighted by Crippen LogP contribution is 2.34. The van der Waals surface area contributed by atoms with Crippen molar-refractivity contribution in [2.75, 3.05) is 13.2 Å². The minimum Gasteiger partial charge on any atom is -0.491 e. The highest BCUT2D eigenvalue weighted by atomic mass is 35.5. The van der Waals surface area contributed by atoms with Crippen LogP contribution in [0.25, 0.3) is 11.1 Å². The lowest BCUT2D eigenvalue weighted by atomic mass is 9.94. The first-order valence-corrected chi connectivity index (χ1v) is 9.34. The molecule has 0 radical (unpaired) electrons. The van der Waals surface area contributed by atoms with Gasteiger partial charge in [0.25, 0.3) is 0 Å². The highest BCUT2D eigenvalue weighted by molar-refractivity contribution is 6.17. The Bertz CT molecular complexity index is 750. The van der Waals surface area contributed by atoms with Gasteiger partial charge in [0.2, 0.25) is 0 Å². The maximum atomic E-state index is 6.01. The van der Waals surface area contributed by atoms with Gasteiger partial charge < -0.3 is 14.2 Å². The number of hydrogen-bond acceptors (Lipinski definition) is 3. The van der Waals surface area contributed by atoms with E-state index in [1.807, 2.05) is 0 Å². The van der Waals surface area contributed by atoms with Crippen molar-refractivity contribution in [2.24, 2.45) is 0 Å². The molecule has 2 aliphatic rings. The summed E-state index contributed by atoms with van der Waals surface area (Å²) >= 11 is 5.98. The van der Waals surface area contributed by atoms with Crippen LogP contribution in [0.15, 0.2) is 36.4 Å². The van der Waals surface area contributed by atoms with Gasteiger partial charge in [-0.1, -0.05) is 18.2 Å². The van der Waals surface area contributed by atoms with Crippen molar-refractivity contribution in [3.8, 4) is 16.9 Å². The Labute approximate surface area is 153 Å². The SMILES string of the molecule is Cc1cc(OC[C@@H]2C[C@H]3O[C@H]3CO2)cc(C)c1-c1cccc(CCl)c1. The topological polar surface area (TPSA) is 31.0 Å². The summed E-state index contributed by atoms with van der Waals surface area (Å²) < 4.78 is 17.3. The average molecular weight is 359 g/mol. The Morgan fingerprint density at radius 3 is 2.64 bits per heavy atom. The number of halogens is 1. The molecule has 2 aliphatic heterocycles. The van der Waals surface area contributed by atoms with Crippen LogP contribution in [0.4, 0.5) is 0 Å². The lowest BCUT2D eigenvalue weighted by molar-refractivity contribution is 0.000814. The zero-order valence-electron chi connectivity index (χ0n) is 14.6. The molecule has 0 amide bonds. The summed E-state index contributed by atoms with van der Waals surface area (Å²) in [4.78, 5) is 0. The van der Waals surface area contributed by atoms with Crippen LogP contribution < -0.4 is 4.74 Å². The normalized spacial score (nSPS) is 24.7. The summed E-state index contributed by atoms with van der Waals surface area (Å²) in [5, 5.41) is 0. The van der Waals surface area contributed by atoms with Crippen molar-refractivity contribution in [1.82, 2.24) is 0 Å². The van der Waals surface area contributed by atoms with E-state index in [0.717, 1.165) is 17.7 Å². The number of benzene rings is 2. The first-order chi connectivity index (χ1) is 12.1. The Kier molecular flexibility index (Phi) is 4.72. The van der Waals surface area contributed by atoms with Crippen LogP contribution in [0.1, 0.15) is 23.1 Å². The van der Waals surface area contributed by atoms with Crippen LogP contribution >= 0.6 is 11.6 Å². The molecule has 25 heavy (non-hydrogen) atoms. The molecular formula is C21H23ClO3. The van der Waals surface area contributed by atoms with Gasteiger partial charge in [0.15, 0.2) is 0 Å². The molecule has 0 bridgehead atoms. The monoisotopic (exact) mass is 358 g/mol. The first kappa shape index (κ1) is 16.9. The standard InChI is InChI=1S/C21H23ClO3/c1-13-6-17(23-11-18-9-19-20(25-19)12-24-18)7-14(2)21(13)16-5-3-4-15(8-16)10-22/h3-8,18-20H,9-12H2,1-2H3/t18-,19+,20-/m0/s1. The number of aryl methyl sites for hydroxylation is 2. The molecule has 4 heteroatoms. The third kappa shape index (κ3) is 3.69. The van der Waals surface area contributed by atoms with Crippen LogP contribution in [0, 0.1) is 13.8 Å². The van der Waals surface area contributed by atoms with Crippen LogP contribution in [0.5, 0.6) is 5.75 Å². The highest BCUT2D eigenvalue weighted by Gasteiger charge is 2.45. The molecule has 3 atom stereocenters. The molecule has 0 aromatic heterocycles. The van der Waals surface area contributed by atoms with Crippen LogP contribution in [0.2, 0.25) is 0 Å². The molecule has 0 aliphatic carbocycles. The molecule has 2 saturated heterocycles. The molecule has 2 aromatic rings. The van der Waals surface area contributed by atoms with Crippen molar-refractivity contribution >= 4 is 11.6 Å². The summed E-state index contributed by atoms with van der Waals surface area (Å²) in [6.07, 6.45) is 1.79. The van der Waals surface area contributed by atoms with E-state index in [4.69, 9.17) is 25.8 Å². The fourth-order valence-electron chi connectivity index (χ4n) is 3.67. The van der Waals surface area contributed by atoms with E-state index in [1.165, 1.54) is 22.3 Å². The molecule has 4 rings (SSSR count). The quantitative estimate of drug-likeness (QED) is 0.576. The fraction of sp³-hybridized carbons (Fsp3) is 0.429. The van der Waals surface area contributed by atoms with E-state index in [0.29, 0.717) is 31.3 Å². The van der Waals surface area contributed by atoms with E-state index in [1.54, 1.807) is 0 Å². The van der Waals surface area contributed by atoms with E-state index >= 15 is 0 Å². The van der Waals surface area contributed by atoms with Gasteiger partial charge in [-0.05, 0) is 59.9 Å². The summed E-state index contributed by atoms with van der Waals surface area (Å²) in [5.74, 6) is 1.43. The van der Waals surface area contributed by atoms with Crippen molar-refractivity contribution in [3.05, 3.63) is 53.1 Å². The Balaban J connectivity index is 1.49. The third-order valence-corrected chi connectivity index (χ3v) is 5.30. The van der Waals surface area contributed by atoms with Gasteiger partial charge in [-0.25, -0.2) is 0 Å². The summed E-state index contributed by atoms with van der Waals surface area (Å²) in [7, 11) is 0. The Morgan fingerprint density at radius 1 is 1.12 bits per heavy atom. The molecule has 2 heterocycles. The number of epoxide rings is 1. The minimum absolute atomic E-state index is 0.129. The molecular weight excluding hydrogens is 336 g/mol. The predicted octanol–water partition coefficient (Wildman–Crippen LogP) is 4.64. The molecule has 0 unspecified atom stereocenters. The molecule has 0 saturated carbocycles. The third-order valence-electron chi connectivity index (χ3n) is 4.99. The maximum Gasteiger partial charge on any atom is 0.120 e. The number of alkyl halides is 1. The van der Waals surface area contributed by atoms with Crippen molar-refractivity contribution in [1.29, 1.82) is 0 Å². The van der Waals surface area contributed by atoms with Gasteiger partial charge >= 0.3 is 0 Å². The molecule has 2 aromatic carbocycles. The van der Waals surface area contributed by atoms with E-state index in [2.05, 4.69) is 50.2 Å². The Morgan fingerprint density at radius 2 is 1.92 bits per heavy atom. The number of hydrogen-bond donors (Lipinski definition) is 0. The number of ether oxygens (including phenoxy) is 3. The van der Waals surface area contributed by atoms with Gasteiger partial charge in [-0.3, -0.25) is 0 Å². The average Bonchev–Trinajstić information content (AvgIpc) is 3.38. The van der Waals surface area contributed by atoms with Crippen molar-refractivity contribution in [3.63, 3.8) is 0 Å². The molecule has 0 spiro atoms. The summed E-state index contributed by atoms with van der Waals surface area (Å²) in [6.45, 7) is 5.53. The van der Waals surface area contributed by atoms with Gasteiger partial charge in [0.1, 0.15) is 18.5 Å². The minimum atomic E-state index is 0.129. The molecule has 2 fully saturated rings. The van der Waals surface area contributed by atoms with Crippen molar-refractivity contribution < 1.29 is 14.2 Å². The first-order valence-electron chi connectivity index (χ1n) is 8.80. The zero-order chi connectivity index (χ0) is 17.4. The molecule has 0 N–H and O–H groups in total. The zero-order valence-corrected chi connectivity index (χ0v) is 15.4.